The zero-order chi connectivity index (χ0) is 12.9. The Morgan fingerprint density at radius 3 is 1.95 bits per heavy atom. The van der Waals surface area contributed by atoms with Gasteiger partial charge in [-0.15, -0.1) is 0 Å². The molecule has 1 N–H and O–H groups in total. The van der Waals surface area contributed by atoms with Gasteiger partial charge in [0, 0.05) is 11.6 Å². The maximum Gasteiger partial charge on any atom is 0.0192 e. The monoisotopic (exact) mass is 262 g/mol. The predicted octanol–water partition coefficient (Wildman–Crippen LogP) is 3.03. The van der Waals surface area contributed by atoms with E-state index in [0.717, 1.165) is 23.8 Å². The number of hydrogen-bond donors (Lipinski definition) is 1. The summed E-state index contributed by atoms with van der Waals surface area (Å²) < 4.78 is 0. The van der Waals surface area contributed by atoms with E-state index < -0.39 is 0 Å². The Hall–Kier alpha value is -0.0800. The standard InChI is InChI=1S/C17H30N2/c1-2-19-5-3-16(4-6-19)18-17-10-13-7-14(11-17)9-15(8-13)12-17/h13-16,18H,2-12H2,1H3. The molecule has 4 bridgehead atoms. The van der Waals surface area contributed by atoms with Crippen LogP contribution in [0.3, 0.4) is 0 Å². The van der Waals surface area contributed by atoms with Gasteiger partial charge in [0.2, 0.25) is 0 Å². The van der Waals surface area contributed by atoms with Crippen molar-refractivity contribution in [1.82, 2.24) is 10.2 Å². The van der Waals surface area contributed by atoms with Crippen molar-refractivity contribution in [2.75, 3.05) is 19.6 Å². The first-order chi connectivity index (χ1) is 9.25. The second-order valence-corrected chi connectivity index (χ2v) is 8.05. The van der Waals surface area contributed by atoms with Gasteiger partial charge < -0.3 is 10.2 Å². The first-order valence-electron chi connectivity index (χ1n) is 8.75. The molecule has 0 aromatic carbocycles. The van der Waals surface area contributed by atoms with Crippen molar-refractivity contribution >= 4 is 0 Å². The molecule has 0 radical (unpaired) electrons. The number of nitrogens with one attached hydrogen (secondary N) is 1. The van der Waals surface area contributed by atoms with Crippen molar-refractivity contribution < 1.29 is 0 Å². The highest BCUT2D eigenvalue weighted by Gasteiger charge is 2.51. The smallest absolute Gasteiger partial charge is 0.0192 e. The molecule has 5 rings (SSSR count). The Balaban J connectivity index is 1.40. The highest BCUT2D eigenvalue weighted by molar-refractivity contribution is 5.07. The number of nitrogens with zero attached hydrogens (tertiary/aromatic N) is 1. The van der Waals surface area contributed by atoms with Crippen LogP contribution in [0.15, 0.2) is 0 Å². The largest absolute Gasteiger partial charge is 0.308 e. The predicted molar refractivity (Wildman–Crippen MR) is 79.2 cm³/mol. The zero-order valence-electron chi connectivity index (χ0n) is 12.5. The Labute approximate surface area is 118 Å². The lowest BCUT2D eigenvalue weighted by Crippen LogP contribution is -2.61. The second kappa shape index (κ2) is 4.73. The van der Waals surface area contributed by atoms with Crippen LogP contribution in [0.4, 0.5) is 0 Å². The van der Waals surface area contributed by atoms with E-state index in [0.29, 0.717) is 5.54 Å². The number of hydrogen-bond acceptors (Lipinski definition) is 2. The minimum absolute atomic E-state index is 0.577. The maximum absolute atomic E-state index is 4.18. The molecule has 4 aliphatic carbocycles. The minimum Gasteiger partial charge on any atom is -0.308 e. The normalized spacial score (nSPS) is 46.9. The van der Waals surface area contributed by atoms with Gasteiger partial charge in [0.15, 0.2) is 0 Å². The lowest BCUT2D eigenvalue weighted by molar-refractivity contribution is -0.0289. The first-order valence-corrected chi connectivity index (χ1v) is 8.75. The van der Waals surface area contributed by atoms with Gasteiger partial charge in [-0.1, -0.05) is 6.92 Å². The molecule has 108 valence electrons. The van der Waals surface area contributed by atoms with Gasteiger partial charge in [0.1, 0.15) is 0 Å². The summed E-state index contributed by atoms with van der Waals surface area (Å²) in [7, 11) is 0. The molecule has 0 spiro atoms. The fraction of sp³-hybridized carbons (Fsp3) is 1.00. The molecule has 0 aromatic heterocycles. The summed E-state index contributed by atoms with van der Waals surface area (Å²) in [6.07, 6.45) is 12.0. The van der Waals surface area contributed by atoms with Gasteiger partial charge in [-0.05, 0) is 88.8 Å². The maximum atomic E-state index is 4.18. The average Bonchev–Trinajstić information content (AvgIpc) is 2.37. The van der Waals surface area contributed by atoms with E-state index in [-0.39, 0.29) is 0 Å². The molecule has 1 aliphatic heterocycles. The van der Waals surface area contributed by atoms with Crippen LogP contribution in [0.2, 0.25) is 0 Å². The first kappa shape index (κ1) is 12.6. The van der Waals surface area contributed by atoms with Crippen molar-refractivity contribution in [3.8, 4) is 0 Å². The third kappa shape index (κ3) is 2.35. The third-order valence-corrected chi connectivity index (χ3v) is 6.58. The fourth-order valence-electron chi connectivity index (χ4n) is 6.11. The molecule has 5 aliphatic rings. The van der Waals surface area contributed by atoms with Crippen LogP contribution < -0.4 is 5.32 Å². The summed E-state index contributed by atoms with van der Waals surface area (Å²) in [5.41, 5.74) is 0.577. The van der Waals surface area contributed by atoms with E-state index in [4.69, 9.17) is 0 Å². The van der Waals surface area contributed by atoms with Gasteiger partial charge in [-0.25, -0.2) is 0 Å². The highest BCUT2D eigenvalue weighted by atomic mass is 15.1. The SMILES string of the molecule is CCN1CCC(NC23CC4CC(CC(C4)C2)C3)CC1. The molecule has 2 heteroatoms. The van der Waals surface area contributed by atoms with E-state index in [2.05, 4.69) is 17.1 Å². The molecule has 5 fully saturated rings. The third-order valence-electron chi connectivity index (χ3n) is 6.58. The highest BCUT2D eigenvalue weighted by Crippen LogP contribution is 2.55. The van der Waals surface area contributed by atoms with Crippen LogP contribution >= 0.6 is 0 Å². The molecule has 0 aromatic rings. The van der Waals surface area contributed by atoms with Crippen LogP contribution in [-0.2, 0) is 0 Å². The summed E-state index contributed by atoms with van der Waals surface area (Å²) >= 11 is 0. The Kier molecular flexibility index (Phi) is 3.15. The van der Waals surface area contributed by atoms with E-state index in [9.17, 15) is 0 Å². The van der Waals surface area contributed by atoms with E-state index in [1.54, 1.807) is 19.3 Å². The lowest BCUT2D eigenvalue weighted by atomic mass is 9.53. The number of likely N-dealkylation sites (tertiary alicyclic amines) is 1. The molecule has 0 atom stereocenters. The zero-order valence-corrected chi connectivity index (χ0v) is 12.5. The van der Waals surface area contributed by atoms with Crippen molar-refractivity contribution in [2.45, 2.75) is 69.9 Å². The lowest BCUT2D eigenvalue weighted by Gasteiger charge is -2.58. The summed E-state index contributed by atoms with van der Waals surface area (Å²) in [6.45, 7) is 6.18. The van der Waals surface area contributed by atoms with E-state index in [1.165, 1.54) is 51.7 Å². The summed E-state index contributed by atoms with van der Waals surface area (Å²) in [5.74, 6) is 3.23. The van der Waals surface area contributed by atoms with Gasteiger partial charge in [-0.3, -0.25) is 0 Å². The van der Waals surface area contributed by atoms with Crippen molar-refractivity contribution in [2.24, 2.45) is 17.8 Å². The van der Waals surface area contributed by atoms with Crippen molar-refractivity contribution in [3.05, 3.63) is 0 Å². The van der Waals surface area contributed by atoms with Crippen molar-refractivity contribution in [1.29, 1.82) is 0 Å². The molecule has 0 amide bonds. The van der Waals surface area contributed by atoms with Gasteiger partial charge in [0.05, 0.1) is 0 Å². The quantitative estimate of drug-likeness (QED) is 0.841. The van der Waals surface area contributed by atoms with Crippen LogP contribution in [0.1, 0.15) is 58.3 Å². The van der Waals surface area contributed by atoms with Crippen LogP contribution in [0.25, 0.3) is 0 Å². The molecular formula is C17H30N2. The van der Waals surface area contributed by atoms with Crippen molar-refractivity contribution in [3.63, 3.8) is 0 Å². The summed E-state index contributed by atoms with van der Waals surface area (Å²) in [6, 6.07) is 0.819. The second-order valence-electron chi connectivity index (χ2n) is 8.05. The van der Waals surface area contributed by atoms with Gasteiger partial charge in [0.25, 0.3) is 0 Å². The molecule has 4 saturated carbocycles. The van der Waals surface area contributed by atoms with Crippen LogP contribution in [0, 0.1) is 17.8 Å². The average molecular weight is 262 g/mol. The Morgan fingerprint density at radius 2 is 1.47 bits per heavy atom. The topological polar surface area (TPSA) is 15.3 Å². The Bertz CT molecular complexity index is 295. The molecule has 2 nitrogen and oxygen atoms in total. The Morgan fingerprint density at radius 1 is 0.947 bits per heavy atom. The van der Waals surface area contributed by atoms with E-state index >= 15 is 0 Å². The molecular weight excluding hydrogens is 232 g/mol. The fourth-order valence-corrected chi connectivity index (χ4v) is 6.11. The number of rotatable bonds is 3. The van der Waals surface area contributed by atoms with Crippen LogP contribution in [-0.4, -0.2) is 36.1 Å². The molecule has 0 unspecified atom stereocenters. The molecule has 1 heterocycles. The molecule has 1 saturated heterocycles. The van der Waals surface area contributed by atoms with E-state index in [1.807, 2.05) is 0 Å². The summed E-state index contributed by atoms with van der Waals surface area (Å²) in [5, 5.41) is 4.18. The van der Waals surface area contributed by atoms with Gasteiger partial charge >= 0.3 is 0 Å². The number of piperidine rings is 1. The summed E-state index contributed by atoms with van der Waals surface area (Å²) in [4.78, 5) is 2.61. The van der Waals surface area contributed by atoms with Gasteiger partial charge in [-0.2, -0.15) is 0 Å². The minimum atomic E-state index is 0.577. The van der Waals surface area contributed by atoms with Crippen LogP contribution in [0.5, 0.6) is 0 Å². The molecule has 19 heavy (non-hydrogen) atoms.